The number of amides is 2. The lowest BCUT2D eigenvalue weighted by molar-refractivity contribution is -0.114. The smallest absolute Gasteiger partial charge is 0.264 e. The van der Waals surface area contributed by atoms with E-state index in [-0.39, 0.29) is 11.8 Å². The van der Waals surface area contributed by atoms with Crippen LogP contribution >= 0.6 is 11.8 Å². The normalized spacial score (nSPS) is 14.4. The molecule has 2 amide bonds. The minimum Gasteiger partial charge on any atom is -0.352 e. The Morgan fingerprint density at radius 1 is 1.03 bits per heavy atom. The second kappa shape index (κ2) is 9.45. The van der Waals surface area contributed by atoms with E-state index >= 15 is 0 Å². The van der Waals surface area contributed by atoms with Gasteiger partial charge in [0.1, 0.15) is 0 Å². The second-order valence-electron chi connectivity index (χ2n) is 8.01. The zero-order valence-electron chi connectivity index (χ0n) is 18.5. The predicted molar refractivity (Wildman–Crippen MR) is 132 cm³/mol. The maximum Gasteiger partial charge on any atom is 0.264 e. The van der Waals surface area contributed by atoms with E-state index in [9.17, 15) is 9.59 Å². The number of hydrogen-bond acceptors (Lipinski definition) is 3. The molecule has 1 heterocycles. The van der Waals surface area contributed by atoms with Crippen molar-refractivity contribution < 1.29 is 9.59 Å². The molecule has 0 radical (unpaired) electrons. The Morgan fingerprint density at radius 3 is 2.53 bits per heavy atom. The Hall–Kier alpha value is -3.31. The highest BCUT2D eigenvalue weighted by Gasteiger charge is 2.27. The second-order valence-corrected chi connectivity index (χ2v) is 9.09. The molecule has 5 heteroatoms. The van der Waals surface area contributed by atoms with Gasteiger partial charge in [-0.2, -0.15) is 0 Å². The molecule has 0 atom stereocenters. The summed E-state index contributed by atoms with van der Waals surface area (Å²) in [6.07, 6.45) is 2.71. The van der Waals surface area contributed by atoms with Gasteiger partial charge < -0.3 is 10.2 Å². The lowest BCUT2D eigenvalue weighted by atomic mass is 10.1. The molecular formula is C27H26N2O2S. The van der Waals surface area contributed by atoms with Crippen LogP contribution in [0.25, 0.3) is 6.08 Å². The first kappa shape index (κ1) is 21.9. The molecule has 0 spiro atoms. The molecule has 3 aromatic carbocycles. The quantitative estimate of drug-likeness (QED) is 0.539. The van der Waals surface area contributed by atoms with E-state index in [1.807, 2.05) is 49.4 Å². The van der Waals surface area contributed by atoms with Gasteiger partial charge in [0.05, 0.1) is 10.6 Å². The van der Waals surface area contributed by atoms with E-state index in [0.29, 0.717) is 17.0 Å². The largest absolute Gasteiger partial charge is 0.352 e. The fourth-order valence-corrected chi connectivity index (χ4v) is 4.69. The van der Waals surface area contributed by atoms with Crippen molar-refractivity contribution in [1.29, 1.82) is 0 Å². The van der Waals surface area contributed by atoms with Crippen LogP contribution in [0, 0.1) is 13.8 Å². The molecule has 0 fully saturated rings. The van der Waals surface area contributed by atoms with E-state index in [1.54, 1.807) is 18.0 Å². The van der Waals surface area contributed by atoms with Gasteiger partial charge in [-0.15, -0.1) is 0 Å². The van der Waals surface area contributed by atoms with E-state index in [2.05, 4.69) is 36.5 Å². The first-order chi connectivity index (χ1) is 15.4. The van der Waals surface area contributed by atoms with Crippen LogP contribution in [0.4, 0.5) is 5.69 Å². The van der Waals surface area contributed by atoms with E-state index < -0.39 is 0 Å². The Bertz CT molecular complexity index is 1200. The highest BCUT2D eigenvalue weighted by atomic mass is 32.2. The van der Waals surface area contributed by atoms with Gasteiger partial charge in [-0.05, 0) is 61.2 Å². The van der Waals surface area contributed by atoms with E-state index in [4.69, 9.17) is 0 Å². The molecule has 1 N–H and O–H groups in total. The van der Waals surface area contributed by atoms with Crippen LogP contribution in [-0.4, -0.2) is 25.4 Å². The van der Waals surface area contributed by atoms with Crippen molar-refractivity contribution in [2.24, 2.45) is 0 Å². The summed E-state index contributed by atoms with van der Waals surface area (Å²) in [6.45, 7) is 4.65. The lowest BCUT2D eigenvalue weighted by Crippen LogP contribution is -2.31. The SMILES string of the molecule is Cc1ccc(CCNC(=O)c2ccc3c(c2)N(C)C(=O)C(=Cc2ccccc2C)S3)cc1. The summed E-state index contributed by atoms with van der Waals surface area (Å²) in [7, 11) is 1.76. The van der Waals surface area contributed by atoms with Crippen molar-refractivity contribution in [1.82, 2.24) is 5.32 Å². The Balaban J connectivity index is 1.47. The van der Waals surface area contributed by atoms with E-state index in [0.717, 1.165) is 28.1 Å². The summed E-state index contributed by atoms with van der Waals surface area (Å²) >= 11 is 1.45. The molecule has 0 saturated heterocycles. The third kappa shape index (κ3) is 4.78. The topological polar surface area (TPSA) is 49.4 Å². The Morgan fingerprint density at radius 2 is 1.78 bits per heavy atom. The van der Waals surface area contributed by atoms with Gasteiger partial charge in [0.2, 0.25) is 0 Å². The molecule has 1 aliphatic heterocycles. The molecule has 3 aromatic rings. The number of thioether (sulfide) groups is 1. The van der Waals surface area contributed by atoms with Crippen molar-refractivity contribution in [3.05, 3.63) is 99.5 Å². The number of anilines is 1. The number of aryl methyl sites for hydroxylation is 2. The molecule has 1 aliphatic rings. The average Bonchev–Trinajstić information content (AvgIpc) is 2.79. The maximum absolute atomic E-state index is 13.0. The third-order valence-corrected chi connectivity index (χ3v) is 6.69. The van der Waals surface area contributed by atoms with Gasteiger partial charge in [0.25, 0.3) is 11.8 Å². The Kier molecular flexibility index (Phi) is 6.47. The number of carbonyl (C=O) groups is 2. The average molecular weight is 443 g/mol. The third-order valence-electron chi connectivity index (χ3n) is 5.61. The standard InChI is InChI=1S/C27H26N2O2S/c1-18-8-10-20(11-9-18)14-15-28-26(30)22-12-13-24-23(16-22)29(3)27(31)25(32-24)17-21-7-5-4-6-19(21)2/h4-13,16-17H,14-15H2,1-3H3,(H,28,30). The predicted octanol–water partition coefficient (Wildman–Crippen LogP) is 5.39. The fourth-order valence-electron chi connectivity index (χ4n) is 3.60. The number of nitrogens with one attached hydrogen (secondary N) is 1. The zero-order valence-corrected chi connectivity index (χ0v) is 19.3. The molecule has 0 unspecified atom stereocenters. The van der Waals surface area contributed by atoms with Gasteiger partial charge in [-0.1, -0.05) is 65.9 Å². The molecule has 0 saturated carbocycles. The maximum atomic E-state index is 13.0. The van der Waals surface area contributed by atoms with Crippen LogP contribution in [0.3, 0.4) is 0 Å². The van der Waals surface area contributed by atoms with Gasteiger partial charge in [0.15, 0.2) is 0 Å². The monoisotopic (exact) mass is 442 g/mol. The number of benzene rings is 3. The summed E-state index contributed by atoms with van der Waals surface area (Å²) in [5.41, 5.74) is 5.88. The first-order valence-corrected chi connectivity index (χ1v) is 11.4. The molecule has 0 aromatic heterocycles. The molecule has 4 nitrogen and oxygen atoms in total. The molecule has 4 rings (SSSR count). The highest BCUT2D eigenvalue weighted by molar-refractivity contribution is 8.04. The summed E-state index contributed by atoms with van der Waals surface area (Å²) in [6, 6.07) is 21.9. The van der Waals surface area contributed by atoms with Gasteiger partial charge in [-0.3, -0.25) is 9.59 Å². The van der Waals surface area contributed by atoms with Crippen molar-refractivity contribution in [3.8, 4) is 0 Å². The summed E-state index contributed by atoms with van der Waals surface area (Å²) in [5, 5.41) is 2.98. The van der Waals surface area contributed by atoms with Gasteiger partial charge in [0, 0.05) is 24.1 Å². The van der Waals surface area contributed by atoms with Crippen LogP contribution in [0.1, 0.15) is 32.6 Å². The molecule has 32 heavy (non-hydrogen) atoms. The minimum absolute atomic E-state index is 0.0670. The molecule has 0 aliphatic carbocycles. The highest BCUT2D eigenvalue weighted by Crippen LogP contribution is 2.42. The summed E-state index contributed by atoms with van der Waals surface area (Å²) in [5.74, 6) is -0.199. The van der Waals surface area contributed by atoms with Gasteiger partial charge >= 0.3 is 0 Å². The van der Waals surface area contributed by atoms with Crippen molar-refractivity contribution in [2.75, 3.05) is 18.5 Å². The van der Waals surface area contributed by atoms with Crippen molar-refractivity contribution in [3.63, 3.8) is 0 Å². The Labute approximate surface area is 193 Å². The number of carbonyl (C=O) groups excluding carboxylic acids is 2. The molecular weight excluding hydrogens is 416 g/mol. The molecule has 162 valence electrons. The van der Waals surface area contributed by atoms with Crippen LogP contribution in [0.15, 0.2) is 76.5 Å². The molecule has 0 bridgehead atoms. The number of fused-ring (bicyclic) bond motifs is 1. The number of rotatable bonds is 5. The fraction of sp³-hybridized carbons (Fsp3) is 0.185. The van der Waals surface area contributed by atoms with Crippen LogP contribution in [-0.2, 0) is 11.2 Å². The summed E-state index contributed by atoms with van der Waals surface area (Å²) < 4.78 is 0. The van der Waals surface area contributed by atoms with Crippen LogP contribution < -0.4 is 10.2 Å². The number of likely N-dealkylation sites (N-methyl/N-ethyl adjacent to an activating group) is 1. The lowest BCUT2D eigenvalue weighted by Gasteiger charge is -2.27. The van der Waals surface area contributed by atoms with Crippen LogP contribution in [0.2, 0.25) is 0 Å². The van der Waals surface area contributed by atoms with Crippen molar-refractivity contribution in [2.45, 2.75) is 25.2 Å². The number of hydrogen-bond donors (Lipinski definition) is 1. The zero-order chi connectivity index (χ0) is 22.7. The number of nitrogens with zero attached hydrogens (tertiary/aromatic N) is 1. The minimum atomic E-state index is -0.132. The van der Waals surface area contributed by atoms with Crippen LogP contribution in [0.5, 0.6) is 0 Å². The van der Waals surface area contributed by atoms with Crippen molar-refractivity contribution >= 4 is 35.3 Å². The van der Waals surface area contributed by atoms with E-state index in [1.165, 1.54) is 22.9 Å². The van der Waals surface area contributed by atoms with Gasteiger partial charge in [-0.25, -0.2) is 0 Å². The summed E-state index contributed by atoms with van der Waals surface area (Å²) in [4.78, 5) is 28.9. The first-order valence-electron chi connectivity index (χ1n) is 10.6.